The molecule has 1 atom stereocenters. The Bertz CT molecular complexity index is 165. The Hall–Kier alpha value is -0.570. The standard InChI is InChI=1S/C6H10ClNO2/c1-4(9)6(2,7)5(10)8-3/h1-3H3,(H,8,10). The van der Waals surface area contributed by atoms with Crippen LogP contribution in [0.4, 0.5) is 0 Å². The molecule has 0 radical (unpaired) electrons. The normalized spacial score (nSPS) is 15.6. The molecule has 10 heavy (non-hydrogen) atoms. The minimum absolute atomic E-state index is 0.353. The maximum atomic E-state index is 10.8. The number of ketones is 1. The maximum Gasteiger partial charge on any atom is 0.248 e. The van der Waals surface area contributed by atoms with Gasteiger partial charge in [0.05, 0.1) is 0 Å². The Kier molecular flexibility index (Phi) is 2.84. The van der Waals surface area contributed by atoms with Gasteiger partial charge in [0, 0.05) is 7.05 Å². The SMILES string of the molecule is CNC(=O)C(C)(Cl)C(C)=O. The topological polar surface area (TPSA) is 46.2 Å². The highest BCUT2D eigenvalue weighted by molar-refractivity contribution is 6.45. The lowest BCUT2D eigenvalue weighted by Crippen LogP contribution is -2.43. The molecule has 0 saturated carbocycles. The third-order valence-electron chi connectivity index (χ3n) is 1.31. The van der Waals surface area contributed by atoms with Crippen molar-refractivity contribution in [3.05, 3.63) is 0 Å². The highest BCUT2D eigenvalue weighted by atomic mass is 35.5. The Morgan fingerprint density at radius 3 is 2.00 bits per heavy atom. The van der Waals surface area contributed by atoms with Crippen LogP contribution in [0.1, 0.15) is 13.8 Å². The summed E-state index contributed by atoms with van der Waals surface area (Å²) in [6.45, 7) is 2.65. The van der Waals surface area contributed by atoms with E-state index in [9.17, 15) is 9.59 Å². The maximum absolute atomic E-state index is 10.8. The fraction of sp³-hybridized carbons (Fsp3) is 0.667. The van der Waals surface area contributed by atoms with Crippen LogP contribution in [0.3, 0.4) is 0 Å². The Labute approximate surface area is 64.7 Å². The van der Waals surface area contributed by atoms with E-state index in [0.29, 0.717) is 0 Å². The van der Waals surface area contributed by atoms with E-state index in [4.69, 9.17) is 11.6 Å². The number of alkyl halides is 1. The van der Waals surface area contributed by atoms with Crippen LogP contribution in [0.25, 0.3) is 0 Å². The fourth-order valence-corrected chi connectivity index (χ4v) is 0.489. The van der Waals surface area contributed by atoms with Crippen LogP contribution in [0.5, 0.6) is 0 Å². The number of hydrogen-bond donors (Lipinski definition) is 1. The molecule has 0 aliphatic rings. The van der Waals surface area contributed by atoms with Gasteiger partial charge in [-0.2, -0.15) is 0 Å². The van der Waals surface area contributed by atoms with Crippen molar-refractivity contribution in [3.63, 3.8) is 0 Å². The molecule has 0 aliphatic carbocycles. The zero-order valence-corrected chi connectivity index (χ0v) is 6.95. The smallest absolute Gasteiger partial charge is 0.248 e. The first-order chi connectivity index (χ1) is 4.42. The number of Topliss-reactive ketones (excluding diaryl/α,β-unsaturated/α-hetero) is 1. The van der Waals surface area contributed by atoms with Crippen LogP contribution in [0.2, 0.25) is 0 Å². The van der Waals surface area contributed by atoms with Gasteiger partial charge in [-0.3, -0.25) is 9.59 Å². The second kappa shape index (κ2) is 3.01. The van der Waals surface area contributed by atoms with Crippen LogP contribution in [0.15, 0.2) is 0 Å². The largest absolute Gasteiger partial charge is 0.357 e. The Morgan fingerprint density at radius 2 is 1.90 bits per heavy atom. The molecule has 0 rings (SSSR count). The molecule has 1 N–H and O–H groups in total. The van der Waals surface area contributed by atoms with Crippen molar-refractivity contribution < 1.29 is 9.59 Å². The van der Waals surface area contributed by atoms with E-state index in [1.165, 1.54) is 20.9 Å². The number of halogens is 1. The minimum Gasteiger partial charge on any atom is -0.357 e. The van der Waals surface area contributed by atoms with Gasteiger partial charge < -0.3 is 5.32 Å². The van der Waals surface area contributed by atoms with E-state index < -0.39 is 10.8 Å². The number of amides is 1. The van der Waals surface area contributed by atoms with Crippen molar-refractivity contribution in [1.29, 1.82) is 0 Å². The molecule has 0 spiro atoms. The predicted octanol–water partition coefficient (Wildman–Crippen LogP) is 0.319. The van der Waals surface area contributed by atoms with Gasteiger partial charge in [0.1, 0.15) is 0 Å². The molecule has 0 heterocycles. The molecule has 0 aliphatic heterocycles. The van der Waals surface area contributed by atoms with Crippen LogP contribution >= 0.6 is 11.6 Å². The van der Waals surface area contributed by atoms with Crippen LogP contribution < -0.4 is 5.32 Å². The molecular formula is C6H10ClNO2. The number of hydrogen-bond acceptors (Lipinski definition) is 2. The predicted molar refractivity (Wildman–Crippen MR) is 39.0 cm³/mol. The molecule has 0 saturated heterocycles. The molecule has 0 bridgehead atoms. The molecule has 0 aromatic carbocycles. The van der Waals surface area contributed by atoms with E-state index in [-0.39, 0.29) is 5.78 Å². The van der Waals surface area contributed by atoms with E-state index in [2.05, 4.69) is 5.32 Å². The minimum atomic E-state index is -1.41. The van der Waals surface area contributed by atoms with Gasteiger partial charge >= 0.3 is 0 Å². The first-order valence-electron chi connectivity index (χ1n) is 2.85. The molecule has 1 unspecified atom stereocenters. The highest BCUT2D eigenvalue weighted by Crippen LogP contribution is 2.14. The molecule has 1 amide bonds. The van der Waals surface area contributed by atoms with Gasteiger partial charge in [0.25, 0.3) is 0 Å². The van der Waals surface area contributed by atoms with Crippen molar-refractivity contribution in [2.24, 2.45) is 0 Å². The van der Waals surface area contributed by atoms with E-state index in [1.54, 1.807) is 0 Å². The zero-order valence-electron chi connectivity index (χ0n) is 6.19. The first kappa shape index (κ1) is 9.43. The Balaban J connectivity index is 4.40. The lowest BCUT2D eigenvalue weighted by atomic mass is 10.1. The van der Waals surface area contributed by atoms with Crippen molar-refractivity contribution >= 4 is 23.3 Å². The molecule has 0 fully saturated rings. The monoisotopic (exact) mass is 163 g/mol. The third-order valence-corrected chi connectivity index (χ3v) is 1.75. The summed E-state index contributed by atoms with van der Waals surface area (Å²) >= 11 is 5.56. The zero-order chi connectivity index (χ0) is 8.36. The average molecular weight is 164 g/mol. The van der Waals surface area contributed by atoms with Crippen LogP contribution in [-0.4, -0.2) is 23.6 Å². The summed E-state index contributed by atoms with van der Waals surface area (Å²) in [7, 11) is 1.44. The van der Waals surface area contributed by atoms with E-state index in [0.717, 1.165) is 0 Å². The quantitative estimate of drug-likeness (QED) is 0.471. The summed E-state index contributed by atoms with van der Waals surface area (Å²) in [5, 5.41) is 2.29. The second-order valence-electron chi connectivity index (χ2n) is 2.14. The highest BCUT2D eigenvalue weighted by Gasteiger charge is 2.34. The summed E-state index contributed by atoms with van der Waals surface area (Å²) in [6, 6.07) is 0. The van der Waals surface area contributed by atoms with E-state index >= 15 is 0 Å². The van der Waals surface area contributed by atoms with Crippen molar-refractivity contribution in [3.8, 4) is 0 Å². The lowest BCUT2D eigenvalue weighted by molar-refractivity contribution is -0.130. The van der Waals surface area contributed by atoms with Crippen molar-refractivity contribution in [2.45, 2.75) is 18.7 Å². The van der Waals surface area contributed by atoms with Crippen LogP contribution in [0, 0.1) is 0 Å². The molecule has 0 aromatic rings. The third kappa shape index (κ3) is 1.70. The van der Waals surface area contributed by atoms with Gasteiger partial charge in [-0.15, -0.1) is 11.6 Å². The van der Waals surface area contributed by atoms with Crippen molar-refractivity contribution in [2.75, 3.05) is 7.05 Å². The number of nitrogens with one attached hydrogen (secondary N) is 1. The van der Waals surface area contributed by atoms with Crippen LogP contribution in [-0.2, 0) is 9.59 Å². The second-order valence-corrected chi connectivity index (χ2v) is 2.89. The van der Waals surface area contributed by atoms with Gasteiger partial charge in [-0.25, -0.2) is 0 Å². The summed E-state index contributed by atoms with van der Waals surface area (Å²) in [5.41, 5.74) is 0. The fourth-order valence-electron chi connectivity index (χ4n) is 0.395. The summed E-state index contributed by atoms with van der Waals surface area (Å²) in [5.74, 6) is -0.824. The van der Waals surface area contributed by atoms with Gasteiger partial charge in [0.15, 0.2) is 10.7 Å². The van der Waals surface area contributed by atoms with E-state index in [1.807, 2.05) is 0 Å². The number of carbonyl (C=O) groups excluding carboxylic acids is 2. The van der Waals surface area contributed by atoms with Gasteiger partial charge in [-0.1, -0.05) is 0 Å². The van der Waals surface area contributed by atoms with Gasteiger partial charge in [0.2, 0.25) is 5.91 Å². The first-order valence-corrected chi connectivity index (χ1v) is 3.23. The number of rotatable bonds is 2. The van der Waals surface area contributed by atoms with Gasteiger partial charge in [-0.05, 0) is 13.8 Å². The molecule has 0 aromatic heterocycles. The molecule has 4 heteroatoms. The molecule has 58 valence electrons. The molecule has 3 nitrogen and oxygen atoms in total. The summed E-state index contributed by atoms with van der Waals surface area (Å²) in [4.78, 5) is 20.1. The summed E-state index contributed by atoms with van der Waals surface area (Å²) < 4.78 is 0. The average Bonchev–Trinajstić information content (AvgIpc) is 1.86. The lowest BCUT2D eigenvalue weighted by Gasteiger charge is -2.15. The Morgan fingerprint density at radius 1 is 1.50 bits per heavy atom. The number of carbonyl (C=O) groups is 2. The molecular weight excluding hydrogens is 154 g/mol. The van der Waals surface area contributed by atoms with Crippen molar-refractivity contribution in [1.82, 2.24) is 5.32 Å². The summed E-state index contributed by atoms with van der Waals surface area (Å²) in [6.07, 6.45) is 0.